The van der Waals surface area contributed by atoms with Crippen LogP contribution in [0.2, 0.25) is 0 Å². The van der Waals surface area contributed by atoms with Crippen molar-refractivity contribution in [1.29, 1.82) is 5.26 Å². The van der Waals surface area contributed by atoms with Crippen molar-refractivity contribution in [1.82, 2.24) is 4.57 Å². The molecule has 1 saturated carbocycles. The maximum Gasteiger partial charge on any atom is 0.232 e. The Hall–Kier alpha value is -2.98. The zero-order valence-electron chi connectivity index (χ0n) is 17.2. The number of nitrogens with one attached hydrogen (secondary N) is 1. The topological polar surface area (TPSA) is 84.1 Å². The molecule has 1 fully saturated rings. The summed E-state index contributed by atoms with van der Waals surface area (Å²) in [5.74, 6) is 0.772. The molecule has 1 aliphatic carbocycles. The molecule has 0 saturated heterocycles. The molecule has 0 atom stereocenters. The summed E-state index contributed by atoms with van der Waals surface area (Å²) in [6.07, 6.45) is 3.35. The SMILES string of the molecule is CCOc1ccc2c(c1)c(C#N)c(-c1ccc(NS(=O)(=O)CC)cc1)n2C1CCC1. The Bertz CT molecular complexity index is 1220. The van der Waals surface area contributed by atoms with Gasteiger partial charge in [-0.25, -0.2) is 8.42 Å². The molecule has 0 bridgehead atoms. The molecule has 3 aromatic rings. The predicted molar refractivity (Wildman–Crippen MR) is 119 cm³/mol. The fourth-order valence-electron chi connectivity index (χ4n) is 3.92. The number of hydrogen-bond acceptors (Lipinski definition) is 4. The highest BCUT2D eigenvalue weighted by atomic mass is 32.2. The number of nitriles is 1. The third kappa shape index (κ3) is 3.63. The largest absolute Gasteiger partial charge is 0.494 e. The van der Waals surface area contributed by atoms with Crippen molar-refractivity contribution in [3.05, 3.63) is 48.0 Å². The molecule has 7 heteroatoms. The third-order valence-electron chi connectivity index (χ3n) is 5.65. The van der Waals surface area contributed by atoms with E-state index in [2.05, 4.69) is 15.4 Å². The van der Waals surface area contributed by atoms with Crippen LogP contribution in [-0.2, 0) is 10.0 Å². The predicted octanol–water partition coefficient (Wildman–Crippen LogP) is 5.07. The zero-order chi connectivity index (χ0) is 21.3. The first kappa shape index (κ1) is 20.3. The summed E-state index contributed by atoms with van der Waals surface area (Å²) < 4.78 is 34.2. The Morgan fingerprint density at radius 3 is 2.47 bits per heavy atom. The number of rotatable bonds is 7. The Morgan fingerprint density at radius 2 is 1.90 bits per heavy atom. The highest BCUT2D eigenvalue weighted by Gasteiger charge is 2.28. The Balaban J connectivity index is 1.86. The van der Waals surface area contributed by atoms with E-state index in [9.17, 15) is 13.7 Å². The molecule has 156 valence electrons. The molecule has 4 rings (SSSR count). The van der Waals surface area contributed by atoms with Gasteiger partial charge in [-0.1, -0.05) is 12.1 Å². The minimum Gasteiger partial charge on any atom is -0.494 e. The summed E-state index contributed by atoms with van der Waals surface area (Å²) in [5.41, 5.74) is 3.96. The molecule has 0 aliphatic heterocycles. The van der Waals surface area contributed by atoms with Crippen LogP contribution in [0.5, 0.6) is 5.75 Å². The molecule has 1 heterocycles. The fraction of sp³-hybridized carbons (Fsp3) is 0.348. The number of fused-ring (bicyclic) bond motifs is 1. The van der Waals surface area contributed by atoms with Crippen LogP contribution in [0.15, 0.2) is 42.5 Å². The monoisotopic (exact) mass is 423 g/mol. The van der Waals surface area contributed by atoms with Gasteiger partial charge in [0.25, 0.3) is 0 Å². The van der Waals surface area contributed by atoms with E-state index in [4.69, 9.17) is 4.74 Å². The van der Waals surface area contributed by atoms with E-state index in [0.29, 0.717) is 23.9 Å². The van der Waals surface area contributed by atoms with Crippen LogP contribution >= 0.6 is 0 Å². The maximum absolute atomic E-state index is 11.8. The first-order valence-corrected chi connectivity index (χ1v) is 11.9. The lowest BCUT2D eigenvalue weighted by atomic mass is 9.92. The Morgan fingerprint density at radius 1 is 1.17 bits per heavy atom. The second-order valence-corrected chi connectivity index (χ2v) is 9.50. The van der Waals surface area contributed by atoms with E-state index in [0.717, 1.165) is 40.8 Å². The first-order chi connectivity index (χ1) is 14.5. The number of ether oxygens (including phenoxy) is 1. The average molecular weight is 424 g/mol. The van der Waals surface area contributed by atoms with E-state index in [1.54, 1.807) is 19.1 Å². The second kappa shape index (κ2) is 8.04. The van der Waals surface area contributed by atoms with Crippen LogP contribution in [0.4, 0.5) is 5.69 Å². The number of benzene rings is 2. The summed E-state index contributed by atoms with van der Waals surface area (Å²) in [7, 11) is -3.33. The standard InChI is InChI=1S/C23H25N3O3S/c1-3-29-19-12-13-22-20(14-19)21(15-24)23(26(22)18-6-5-7-18)16-8-10-17(11-9-16)25-30(27,28)4-2/h8-14,18,25H,3-7H2,1-2H3. The Kier molecular flexibility index (Phi) is 5.44. The van der Waals surface area contributed by atoms with Crippen molar-refractivity contribution >= 4 is 26.6 Å². The number of aromatic nitrogens is 1. The summed E-state index contributed by atoms with van der Waals surface area (Å²) in [6, 6.07) is 15.9. The van der Waals surface area contributed by atoms with Crippen molar-refractivity contribution in [3.8, 4) is 23.1 Å². The smallest absolute Gasteiger partial charge is 0.232 e. The highest BCUT2D eigenvalue weighted by Crippen LogP contribution is 2.43. The fourth-order valence-corrected chi connectivity index (χ4v) is 4.56. The molecule has 0 radical (unpaired) electrons. The summed E-state index contributed by atoms with van der Waals surface area (Å²) in [4.78, 5) is 0. The number of nitrogens with zero attached hydrogens (tertiary/aromatic N) is 2. The van der Waals surface area contributed by atoms with Crippen LogP contribution in [0.25, 0.3) is 22.2 Å². The van der Waals surface area contributed by atoms with Gasteiger partial charge < -0.3 is 9.30 Å². The van der Waals surface area contributed by atoms with Gasteiger partial charge in [-0.15, -0.1) is 0 Å². The molecule has 0 unspecified atom stereocenters. The van der Waals surface area contributed by atoms with E-state index in [-0.39, 0.29) is 5.75 Å². The molecular formula is C23H25N3O3S. The zero-order valence-corrected chi connectivity index (χ0v) is 18.0. The first-order valence-electron chi connectivity index (χ1n) is 10.3. The Labute approximate surface area is 177 Å². The van der Waals surface area contributed by atoms with Gasteiger partial charge in [0.1, 0.15) is 11.8 Å². The minimum atomic E-state index is -3.33. The van der Waals surface area contributed by atoms with E-state index in [1.807, 2.05) is 37.3 Å². The maximum atomic E-state index is 11.8. The van der Waals surface area contributed by atoms with Crippen molar-refractivity contribution in [2.75, 3.05) is 17.1 Å². The van der Waals surface area contributed by atoms with Gasteiger partial charge in [-0.2, -0.15) is 5.26 Å². The van der Waals surface area contributed by atoms with E-state index < -0.39 is 10.0 Å². The third-order valence-corrected chi connectivity index (χ3v) is 6.96. The van der Waals surface area contributed by atoms with Crippen molar-refractivity contribution < 1.29 is 13.2 Å². The summed E-state index contributed by atoms with van der Waals surface area (Å²) in [6.45, 7) is 4.11. The quantitative estimate of drug-likeness (QED) is 0.575. The van der Waals surface area contributed by atoms with Crippen LogP contribution in [0, 0.1) is 11.3 Å². The number of hydrogen-bond donors (Lipinski definition) is 1. The molecule has 0 spiro atoms. The summed E-state index contributed by atoms with van der Waals surface area (Å²) in [5, 5.41) is 10.9. The average Bonchev–Trinajstić information content (AvgIpc) is 3.01. The van der Waals surface area contributed by atoms with Crippen LogP contribution < -0.4 is 9.46 Å². The molecule has 0 amide bonds. The van der Waals surface area contributed by atoms with Gasteiger partial charge in [0.2, 0.25) is 10.0 Å². The van der Waals surface area contributed by atoms with Crippen molar-refractivity contribution in [3.63, 3.8) is 0 Å². The van der Waals surface area contributed by atoms with Crippen LogP contribution in [0.1, 0.15) is 44.7 Å². The van der Waals surface area contributed by atoms with Crippen molar-refractivity contribution in [2.45, 2.75) is 39.2 Å². The normalized spacial score (nSPS) is 14.3. The molecule has 6 nitrogen and oxygen atoms in total. The molecule has 2 aromatic carbocycles. The number of anilines is 1. The minimum absolute atomic E-state index is 0.0193. The van der Waals surface area contributed by atoms with Gasteiger partial charge in [0.05, 0.1) is 29.1 Å². The van der Waals surface area contributed by atoms with Crippen LogP contribution in [-0.4, -0.2) is 25.3 Å². The molecule has 1 aromatic heterocycles. The van der Waals surface area contributed by atoms with E-state index in [1.165, 1.54) is 6.42 Å². The lowest BCUT2D eigenvalue weighted by molar-refractivity contribution is 0.324. The summed E-state index contributed by atoms with van der Waals surface area (Å²) >= 11 is 0. The molecule has 1 aliphatic rings. The lowest BCUT2D eigenvalue weighted by Crippen LogP contribution is -2.18. The highest BCUT2D eigenvalue weighted by molar-refractivity contribution is 7.92. The molecule has 1 N–H and O–H groups in total. The van der Waals surface area contributed by atoms with Gasteiger partial charge >= 0.3 is 0 Å². The number of sulfonamides is 1. The molecular weight excluding hydrogens is 398 g/mol. The van der Waals surface area contributed by atoms with Gasteiger partial charge in [0, 0.05) is 17.1 Å². The van der Waals surface area contributed by atoms with Gasteiger partial charge in [-0.05, 0) is 69.0 Å². The van der Waals surface area contributed by atoms with Gasteiger partial charge in [0.15, 0.2) is 0 Å². The van der Waals surface area contributed by atoms with Crippen LogP contribution in [0.3, 0.4) is 0 Å². The van der Waals surface area contributed by atoms with E-state index >= 15 is 0 Å². The van der Waals surface area contributed by atoms with Crippen molar-refractivity contribution in [2.24, 2.45) is 0 Å². The second-order valence-electron chi connectivity index (χ2n) is 7.48. The lowest BCUT2D eigenvalue weighted by Gasteiger charge is -2.30. The molecule has 30 heavy (non-hydrogen) atoms. The van der Waals surface area contributed by atoms with Gasteiger partial charge in [-0.3, -0.25) is 4.72 Å².